The van der Waals surface area contributed by atoms with Crippen LogP contribution in [0.1, 0.15) is 44.1 Å². The molecule has 24 heavy (non-hydrogen) atoms. The lowest BCUT2D eigenvalue weighted by atomic mass is 9.86. The fourth-order valence-electron chi connectivity index (χ4n) is 2.86. The zero-order valence-electron chi connectivity index (χ0n) is 13.3. The maximum Gasteiger partial charge on any atom is 0.303 e. The van der Waals surface area contributed by atoms with E-state index in [1.54, 1.807) is 12.1 Å². The molecule has 2 amide bonds. The van der Waals surface area contributed by atoms with Gasteiger partial charge in [-0.25, -0.2) is 0 Å². The molecule has 1 saturated heterocycles. The monoisotopic (exact) mass is 352 g/mol. The molecule has 0 radical (unpaired) electrons. The van der Waals surface area contributed by atoms with E-state index in [1.165, 1.54) is 0 Å². The van der Waals surface area contributed by atoms with Crippen LogP contribution in [0.5, 0.6) is 0 Å². The summed E-state index contributed by atoms with van der Waals surface area (Å²) in [5.41, 5.74) is 0.370. The number of hydrogen-bond donors (Lipinski definition) is 3. The Kier molecular flexibility index (Phi) is 6.20. The topological polar surface area (TPSA) is 95.5 Å². The van der Waals surface area contributed by atoms with E-state index in [2.05, 4.69) is 10.6 Å². The SMILES string of the molecule is O=C(O)CCC1(CCC(=O)NCc2ccc(Cl)cc2)CCC(=O)N1. The summed E-state index contributed by atoms with van der Waals surface area (Å²) in [5, 5.41) is 15.2. The summed E-state index contributed by atoms with van der Waals surface area (Å²) in [6.45, 7) is 0.407. The van der Waals surface area contributed by atoms with Crippen LogP contribution in [0, 0.1) is 0 Å². The minimum absolute atomic E-state index is 0.0212. The van der Waals surface area contributed by atoms with Crippen LogP contribution in [0.4, 0.5) is 0 Å². The van der Waals surface area contributed by atoms with Gasteiger partial charge in [-0.1, -0.05) is 23.7 Å². The van der Waals surface area contributed by atoms with E-state index in [-0.39, 0.29) is 24.7 Å². The van der Waals surface area contributed by atoms with Crippen molar-refractivity contribution >= 4 is 29.4 Å². The predicted octanol–water partition coefficient (Wildman–Crippen LogP) is 2.25. The molecule has 130 valence electrons. The fourth-order valence-corrected chi connectivity index (χ4v) is 2.99. The molecule has 0 spiro atoms. The molecule has 1 aliphatic heterocycles. The van der Waals surface area contributed by atoms with Crippen molar-refractivity contribution in [2.45, 2.75) is 50.6 Å². The van der Waals surface area contributed by atoms with Gasteiger partial charge >= 0.3 is 5.97 Å². The Bertz CT molecular complexity index is 618. The first kappa shape index (κ1) is 18.3. The van der Waals surface area contributed by atoms with E-state index in [1.807, 2.05) is 12.1 Å². The van der Waals surface area contributed by atoms with Crippen molar-refractivity contribution in [2.24, 2.45) is 0 Å². The van der Waals surface area contributed by atoms with Gasteiger partial charge in [-0.2, -0.15) is 0 Å². The number of hydrogen-bond acceptors (Lipinski definition) is 3. The Morgan fingerprint density at radius 3 is 2.46 bits per heavy atom. The van der Waals surface area contributed by atoms with Crippen molar-refractivity contribution in [3.05, 3.63) is 34.9 Å². The lowest BCUT2D eigenvalue weighted by Crippen LogP contribution is -2.43. The van der Waals surface area contributed by atoms with Crippen molar-refractivity contribution in [1.29, 1.82) is 0 Å². The normalized spacial score (nSPS) is 19.8. The van der Waals surface area contributed by atoms with E-state index < -0.39 is 11.5 Å². The molecule has 1 heterocycles. The third kappa shape index (κ3) is 5.53. The van der Waals surface area contributed by atoms with Gasteiger partial charge in [-0.05, 0) is 37.0 Å². The van der Waals surface area contributed by atoms with Gasteiger partial charge in [-0.15, -0.1) is 0 Å². The van der Waals surface area contributed by atoms with Gasteiger partial charge in [0.2, 0.25) is 11.8 Å². The Morgan fingerprint density at radius 2 is 1.88 bits per heavy atom. The zero-order valence-corrected chi connectivity index (χ0v) is 14.1. The molecule has 1 aliphatic rings. The highest BCUT2D eigenvalue weighted by atomic mass is 35.5. The summed E-state index contributed by atoms with van der Waals surface area (Å²) < 4.78 is 0. The number of aliphatic carboxylic acids is 1. The molecule has 1 atom stereocenters. The molecule has 1 aromatic rings. The molecule has 0 aromatic heterocycles. The number of nitrogens with one attached hydrogen (secondary N) is 2. The van der Waals surface area contributed by atoms with Gasteiger partial charge in [0, 0.05) is 36.4 Å². The highest BCUT2D eigenvalue weighted by Gasteiger charge is 2.37. The molecule has 1 unspecified atom stereocenters. The average Bonchev–Trinajstić information content (AvgIpc) is 2.92. The Morgan fingerprint density at radius 1 is 1.21 bits per heavy atom. The number of benzene rings is 1. The highest BCUT2D eigenvalue weighted by Crippen LogP contribution is 2.30. The molecule has 6 nitrogen and oxygen atoms in total. The van der Waals surface area contributed by atoms with E-state index >= 15 is 0 Å². The van der Waals surface area contributed by atoms with Gasteiger partial charge in [0.1, 0.15) is 0 Å². The largest absolute Gasteiger partial charge is 0.481 e. The lowest BCUT2D eigenvalue weighted by molar-refractivity contribution is -0.137. The lowest BCUT2D eigenvalue weighted by Gasteiger charge is -2.28. The Labute approximate surface area is 145 Å². The molecule has 0 aliphatic carbocycles. The molecule has 0 bridgehead atoms. The summed E-state index contributed by atoms with van der Waals surface area (Å²) >= 11 is 5.81. The van der Waals surface area contributed by atoms with Gasteiger partial charge in [0.05, 0.1) is 0 Å². The second kappa shape index (κ2) is 8.15. The van der Waals surface area contributed by atoms with E-state index in [0.29, 0.717) is 37.3 Å². The van der Waals surface area contributed by atoms with Gasteiger partial charge in [-0.3, -0.25) is 14.4 Å². The molecular formula is C17H21ClN2O4. The molecule has 1 aromatic carbocycles. The minimum atomic E-state index is -0.900. The zero-order chi connectivity index (χ0) is 17.6. The number of carbonyl (C=O) groups is 3. The fraction of sp³-hybridized carbons (Fsp3) is 0.471. The number of rotatable bonds is 8. The van der Waals surface area contributed by atoms with Crippen LogP contribution in [0.3, 0.4) is 0 Å². The number of amides is 2. The number of carboxylic acids is 1. The van der Waals surface area contributed by atoms with E-state index in [0.717, 1.165) is 5.56 Å². The maximum atomic E-state index is 12.0. The molecule has 7 heteroatoms. The second-order valence-electron chi connectivity index (χ2n) is 6.13. The van der Waals surface area contributed by atoms with Gasteiger partial charge in [0.15, 0.2) is 0 Å². The van der Waals surface area contributed by atoms with Crippen LogP contribution in [0.15, 0.2) is 24.3 Å². The molecule has 0 saturated carbocycles. The van der Waals surface area contributed by atoms with Crippen molar-refractivity contribution in [3.63, 3.8) is 0 Å². The Balaban J connectivity index is 1.82. The van der Waals surface area contributed by atoms with E-state index in [9.17, 15) is 14.4 Å². The average molecular weight is 353 g/mol. The third-order valence-electron chi connectivity index (χ3n) is 4.29. The number of halogens is 1. The van der Waals surface area contributed by atoms with Gasteiger partial charge < -0.3 is 15.7 Å². The van der Waals surface area contributed by atoms with Crippen LogP contribution in [-0.4, -0.2) is 28.4 Å². The van der Waals surface area contributed by atoms with Gasteiger partial charge in [0.25, 0.3) is 0 Å². The smallest absolute Gasteiger partial charge is 0.303 e. The van der Waals surface area contributed by atoms with Crippen LogP contribution in [-0.2, 0) is 20.9 Å². The van der Waals surface area contributed by atoms with Crippen LogP contribution < -0.4 is 10.6 Å². The van der Waals surface area contributed by atoms with E-state index in [4.69, 9.17) is 16.7 Å². The molecular weight excluding hydrogens is 332 g/mol. The third-order valence-corrected chi connectivity index (χ3v) is 4.54. The summed E-state index contributed by atoms with van der Waals surface area (Å²) in [7, 11) is 0. The molecule has 3 N–H and O–H groups in total. The van der Waals surface area contributed by atoms with Crippen molar-refractivity contribution in [1.82, 2.24) is 10.6 Å². The first-order chi connectivity index (χ1) is 11.4. The van der Waals surface area contributed by atoms with Crippen LogP contribution >= 0.6 is 11.6 Å². The minimum Gasteiger partial charge on any atom is -0.481 e. The summed E-state index contributed by atoms with van der Waals surface area (Å²) in [6, 6.07) is 7.21. The van der Waals surface area contributed by atoms with Crippen molar-refractivity contribution in [3.8, 4) is 0 Å². The highest BCUT2D eigenvalue weighted by molar-refractivity contribution is 6.30. The molecule has 1 fully saturated rings. The summed E-state index contributed by atoms with van der Waals surface area (Å²) in [5.74, 6) is -1.11. The number of carbonyl (C=O) groups excluding carboxylic acids is 2. The second-order valence-corrected chi connectivity index (χ2v) is 6.56. The van der Waals surface area contributed by atoms with Crippen molar-refractivity contribution in [2.75, 3.05) is 0 Å². The first-order valence-electron chi connectivity index (χ1n) is 7.92. The summed E-state index contributed by atoms with van der Waals surface area (Å²) in [4.78, 5) is 34.4. The standard InChI is InChI=1S/C17H21ClN2O4/c18-13-3-1-12(2-4-13)11-19-14(21)5-8-17(10-7-16(23)24)9-6-15(22)20-17/h1-4H,5-11H2,(H,19,21)(H,20,22)(H,23,24). The van der Waals surface area contributed by atoms with Crippen LogP contribution in [0.25, 0.3) is 0 Å². The summed E-state index contributed by atoms with van der Waals surface area (Å²) in [6.07, 6.45) is 1.97. The Hall–Kier alpha value is -2.08. The predicted molar refractivity (Wildman–Crippen MR) is 89.5 cm³/mol. The first-order valence-corrected chi connectivity index (χ1v) is 8.30. The van der Waals surface area contributed by atoms with Crippen LogP contribution in [0.2, 0.25) is 5.02 Å². The maximum absolute atomic E-state index is 12.0. The van der Waals surface area contributed by atoms with Crippen molar-refractivity contribution < 1.29 is 19.5 Å². The quantitative estimate of drug-likeness (QED) is 0.668. The number of carboxylic acid groups (broad SMARTS) is 1. The molecule has 2 rings (SSSR count).